The molecule has 1 fully saturated rings. The maximum Gasteiger partial charge on any atom is 0.416 e. The summed E-state index contributed by atoms with van der Waals surface area (Å²) in [5.41, 5.74) is 6.72. The van der Waals surface area contributed by atoms with Crippen molar-refractivity contribution < 1.29 is 13.2 Å². The van der Waals surface area contributed by atoms with E-state index in [4.69, 9.17) is 22.3 Å². The molecule has 1 aliphatic heterocycles. The Kier molecular flexibility index (Phi) is 8.43. The Morgan fingerprint density at radius 2 is 1.79 bits per heavy atom. The number of nitrogens with two attached hydrogens (primary N) is 1. The van der Waals surface area contributed by atoms with E-state index in [-0.39, 0.29) is 33.3 Å². The van der Waals surface area contributed by atoms with Gasteiger partial charge < -0.3 is 16.1 Å². The first-order chi connectivity index (χ1) is 20.5. The first-order valence-electron chi connectivity index (χ1n) is 13.7. The minimum Gasteiger partial charge on any atom is -0.368 e. The van der Waals surface area contributed by atoms with Crippen LogP contribution in [0.3, 0.4) is 0 Å². The van der Waals surface area contributed by atoms with Crippen molar-refractivity contribution >= 4 is 34.3 Å². The van der Waals surface area contributed by atoms with E-state index in [0.29, 0.717) is 56.2 Å². The Bertz CT molecular complexity index is 1740. The van der Waals surface area contributed by atoms with Crippen LogP contribution in [0.15, 0.2) is 47.3 Å². The molecule has 43 heavy (non-hydrogen) atoms. The molecule has 0 radical (unpaired) electrons. The van der Waals surface area contributed by atoms with Gasteiger partial charge in [0.15, 0.2) is 5.82 Å². The maximum atomic E-state index is 14.0. The second-order valence-corrected chi connectivity index (χ2v) is 10.7. The molecule has 3 N–H and O–H groups in total. The summed E-state index contributed by atoms with van der Waals surface area (Å²) < 4.78 is 40.4. The number of nitriles is 1. The van der Waals surface area contributed by atoms with Gasteiger partial charge >= 0.3 is 6.18 Å². The Morgan fingerprint density at radius 1 is 1.09 bits per heavy atom. The molecule has 224 valence electrons. The average molecular weight is 612 g/mol. The maximum absolute atomic E-state index is 14.0. The highest BCUT2D eigenvalue weighted by Gasteiger charge is 2.30. The van der Waals surface area contributed by atoms with Gasteiger partial charge in [0.2, 0.25) is 5.95 Å². The largest absolute Gasteiger partial charge is 0.416 e. The first kappa shape index (κ1) is 30.1. The molecular weight excluding hydrogens is 583 g/mol. The molecule has 2 aromatic carbocycles. The lowest BCUT2D eigenvalue weighted by Gasteiger charge is -2.38. The molecule has 5 rings (SSSR count). The molecule has 10 nitrogen and oxygen atoms in total. The molecule has 0 aliphatic carbocycles. The van der Waals surface area contributed by atoms with E-state index < -0.39 is 17.8 Å². The number of benzene rings is 2. The van der Waals surface area contributed by atoms with E-state index in [0.717, 1.165) is 17.7 Å². The van der Waals surface area contributed by atoms with Crippen LogP contribution >= 0.6 is 11.6 Å². The fraction of sp³-hybridized carbons (Fsp3) is 0.345. The van der Waals surface area contributed by atoms with Gasteiger partial charge in [-0.1, -0.05) is 36.7 Å². The minimum absolute atomic E-state index is 0.00802. The van der Waals surface area contributed by atoms with Gasteiger partial charge in [-0.3, -0.25) is 9.69 Å². The van der Waals surface area contributed by atoms with Crippen LogP contribution in [0, 0.1) is 18.3 Å². The Labute approximate surface area is 250 Å². The zero-order valence-electron chi connectivity index (χ0n) is 23.5. The van der Waals surface area contributed by atoms with Crippen molar-refractivity contribution in [2.24, 2.45) is 0 Å². The Balaban J connectivity index is 1.46. The lowest BCUT2D eigenvalue weighted by Crippen LogP contribution is -2.55. The number of rotatable bonds is 7. The number of nitrogens with zero attached hydrogens (tertiary/aromatic N) is 7. The summed E-state index contributed by atoms with van der Waals surface area (Å²) in [5, 5.41) is 15.5. The summed E-state index contributed by atoms with van der Waals surface area (Å²) in [6.07, 6.45) is -3.90. The van der Waals surface area contributed by atoms with E-state index in [2.05, 4.69) is 26.3 Å². The number of alkyl halides is 3. The van der Waals surface area contributed by atoms with Crippen LogP contribution in [0.1, 0.15) is 47.6 Å². The number of halogens is 4. The van der Waals surface area contributed by atoms with Crippen LogP contribution in [0.4, 0.5) is 24.9 Å². The molecule has 1 saturated heterocycles. The highest BCUT2D eigenvalue weighted by atomic mass is 35.5. The molecule has 0 spiro atoms. The Morgan fingerprint density at radius 3 is 2.42 bits per heavy atom. The molecular formula is C29H29ClF3N9O. The molecule has 0 bridgehead atoms. The predicted octanol–water partition coefficient (Wildman–Crippen LogP) is 4.64. The second kappa shape index (κ2) is 12.1. The minimum atomic E-state index is -4.38. The molecule has 3 heterocycles. The summed E-state index contributed by atoms with van der Waals surface area (Å²) in [5.74, 6) is 0.665. The fourth-order valence-electron chi connectivity index (χ4n) is 5.20. The van der Waals surface area contributed by atoms with Crippen LogP contribution in [0.2, 0.25) is 5.02 Å². The van der Waals surface area contributed by atoms with Crippen LogP contribution in [0.25, 0.3) is 10.9 Å². The van der Waals surface area contributed by atoms with Gasteiger partial charge in [0, 0.05) is 32.7 Å². The molecule has 4 aromatic rings. The Hall–Kier alpha value is -4.41. The average Bonchev–Trinajstić information content (AvgIpc) is 2.96. The number of nitrogen functional groups attached to an aromatic ring is 1. The van der Waals surface area contributed by atoms with Crippen molar-refractivity contribution in [2.75, 3.05) is 42.2 Å². The smallest absolute Gasteiger partial charge is 0.368 e. The molecule has 0 saturated carbocycles. The third kappa shape index (κ3) is 6.21. The van der Waals surface area contributed by atoms with E-state index >= 15 is 0 Å². The lowest BCUT2D eigenvalue weighted by molar-refractivity contribution is -0.137. The number of fused-ring (bicyclic) bond motifs is 1. The number of aromatic nitrogens is 4. The number of hydrogen-bond acceptors (Lipinski definition) is 9. The second-order valence-electron chi connectivity index (χ2n) is 10.3. The molecule has 1 unspecified atom stereocenters. The van der Waals surface area contributed by atoms with Gasteiger partial charge in [-0.05, 0) is 43.2 Å². The summed E-state index contributed by atoms with van der Waals surface area (Å²) in [4.78, 5) is 29.3. The van der Waals surface area contributed by atoms with Crippen molar-refractivity contribution in [3.8, 4) is 6.07 Å². The monoisotopic (exact) mass is 611 g/mol. The van der Waals surface area contributed by atoms with Gasteiger partial charge in [-0.15, -0.1) is 0 Å². The molecule has 1 aliphatic rings. The summed E-state index contributed by atoms with van der Waals surface area (Å²) >= 11 is 6.46. The molecule has 2 aromatic heterocycles. The summed E-state index contributed by atoms with van der Waals surface area (Å²) in [7, 11) is 0. The fourth-order valence-corrected chi connectivity index (χ4v) is 5.45. The lowest BCUT2D eigenvalue weighted by atomic mass is 10.1. The highest BCUT2D eigenvalue weighted by Crippen LogP contribution is 2.30. The van der Waals surface area contributed by atoms with Crippen LogP contribution in [0.5, 0.6) is 0 Å². The van der Waals surface area contributed by atoms with Gasteiger partial charge in [0.1, 0.15) is 17.5 Å². The number of piperazine rings is 1. The van der Waals surface area contributed by atoms with E-state index in [1.54, 1.807) is 25.1 Å². The van der Waals surface area contributed by atoms with Crippen LogP contribution in [-0.4, -0.2) is 50.7 Å². The van der Waals surface area contributed by atoms with E-state index in [9.17, 15) is 23.2 Å². The van der Waals surface area contributed by atoms with Gasteiger partial charge in [0.05, 0.1) is 33.2 Å². The quantitative estimate of drug-likeness (QED) is 0.307. The van der Waals surface area contributed by atoms with Gasteiger partial charge in [-0.25, -0.2) is 14.6 Å². The molecule has 1 atom stereocenters. The van der Waals surface area contributed by atoms with Crippen molar-refractivity contribution in [2.45, 2.75) is 39.0 Å². The summed E-state index contributed by atoms with van der Waals surface area (Å²) in [6, 6.07) is 11.8. The van der Waals surface area contributed by atoms with E-state index in [1.807, 2.05) is 11.9 Å². The van der Waals surface area contributed by atoms with E-state index in [1.165, 1.54) is 16.8 Å². The zero-order chi connectivity index (χ0) is 30.9. The third-order valence-corrected chi connectivity index (χ3v) is 7.73. The number of aryl methyl sites for hydroxylation is 1. The normalized spacial score (nSPS) is 15.0. The van der Waals surface area contributed by atoms with Gasteiger partial charge in [0.25, 0.3) is 5.56 Å². The van der Waals surface area contributed by atoms with Crippen molar-refractivity contribution in [3.05, 3.63) is 86.0 Å². The predicted molar refractivity (Wildman–Crippen MR) is 158 cm³/mol. The van der Waals surface area contributed by atoms with Crippen LogP contribution in [-0.2, 0) is 12.7 Å². The molecule has 14 heteroatoms. The first-order valence-corrected chi connectivity index (χ1v) is 14.0. The summed E-state index contributed by atoms with van der Waals surface area (Å²) in [6.45, 7) is 6.06. The zero-order valence-corrected chi connectivity index (χ0v) is 24.2. The standard InChI is InChI=1S/C29H29ClF3N9O/c1-3-22(37-25-20(15-34)17(2)36-28(35)39-25)26-38-23-6-4-5-21(30)24(23)27(43)42(26)41-13-11-40(12-14-41)16-18-7-9-19(10-8-18)29(31,32)33/h4-10,22H,3,11-14,16H2,1-2H3,(H3,35,36,37,39). The topological polar surface area (TPSA) is 129 Å². The SMILES string of the molecule is CCC(Nc1nc(N)nc(C)c1C#N)c1nc2cccc(Cl)c2c(=O)n1N1CCN(Cc2ccc(C(F)(F)F)cc2)CC1. The van der Waals surface area contributed by atoms with Gasteiger partial charge in [-0.2, -0.15) is 23.4 Å². The molecule has 0 amide bonds. The highest BCUT2D eigenvalue weighted by molar-refractivity contribution is 6.35. The van der Waals surface area contributed by atoms with Crippen molar-refractivity contribution in [1.29, 1.82) is 5.26 Å². The number of hydrogen-bond donors (Lipinski definition) is 2. The van der Waals surface area contributed by atoms with Crippen LogP contribution < -0.4 is 21.6 Å². The number of anilines is 2. The number of nitrogens with one attached hydrogen (secondary N) is 1. The third-order valence-electron chi connectivity index (χ3n) is 7.42. The van der Waals surface area contributed by atoms with Crippen molar-refractivity contribution in [1.82, 2.24) is 24.5 Å². The van der Waals surface area contributed by atoms with Crippen molar-refractivity contribution in [3.63, 3.8) is 0 Å².